The van der Waals surface area contributed by atoms with E-state index in [0.29, 0.717) is 39.8 Å². The zero-order valence-electron chi connectivity index (χ0n) is 20.7. The zero-order valence-corrected chi connectivity index (χ0v) is 20.7. The molecule has 0 radical (unpaired) electrons. The summed E-state index contributed by atoms with van der Waals surface area (Å²) in [4.78, 5) is 48.8. The van der Waals surface area contributed by atoms with Crippen molar-refractivity contribution in [3.05, 3.63) is 81.2 Å². The summed E-state index contributed by atoms with van der Waals surface area (Å²) in [6.45, 7) is 7.39. The van der Waals surface area contributed by atoms with Crippen LogP contribution in [0.15, 0.2) is 57.8 Å². The number of hydrogen-bond donors (Lipinski definition) is 0. The van der Waals surface area contributed by atoms with Crippen LogP contribution in [-0.4, -0.2) is 37.0 Å². The molecule has 36 heavy (non-hydrogen) atoms. The number of carbonyl (C=O) groups excluding carboxylic acids is 3. The molecule has 8 nitrogen and oxygen atoms in total. The molecule has 188 valence electrons. The molecule has 1 atom stereocenters. The molecule has 1 unspecified atom stereocenters. The second-order valence-electron chi connectivity index (χ2n) is 7.91. The molecule has 1 heterocycles. The molecule has 0 amide bonds. The Kier molecular flexibility index (Phi) is 8.78. The number of ether oxygens (including phenoxy) is 3. The summed E-state index contributed by atoms with van der Waals surface area (Å²) in [5, 5.41) is 0.540. The first-order chi connectivity index (χ1) is 17.3. The number of allylic oxidation sites excluding steroid dienone is 1. The van der Waals surface area contributed by atoms with Gasteiger partial charge in [-0.2, -0.15) is 0 Å². The monoisotopic (exact) mass is 492 g/mol. The fourth-order valence-electron chi connectivity index (χ4n) is 3.55. The summed E-state index contributed by atoms with van der Waals surface area (Å²) >= 11 is 0. The van der Waals surface area contributed by atoms with Gasteiger partial charge in [0.1, 0.15) is 16.9 Å². The quantitative estimate of drug-likeness (QED) is 0.170. The van der Waals surface area contributed by atoms with Crippen LogP contribution in [0.3, 0.4) is 0 Å². The largest absolute Gasteiger partial charge is 0.479 e. The van der Waals surface area contributed by atoms with Crippen LogP contribution in [0.1, 0.15) is 59.0 Å². The second kappa shape index (κ2) is 12.0. The number of benzene rings is 2. The van der Waals surface area contributed by atoms with E-state index in [0.717, 1.165) is 0 Å². The molecule has 0 spiro atoms. The van der Waals surface area contributed by atoms with Gasteiger partial charge in [0.2, 0.25) is 0 Å². The molecule has 0 N–H and O–H groups in total. The van der Waals surface area contributed by atoms with E-state index in [1.54, 1.807) is 63.2 Å². The van der Waals surface area contributed by atoms with Gasteiger partial charge in [-0.3, -0.25) is 4.79 Å². The van der Waals surface area contributed by atoms with Gasteiger partial charge in [0.25, 0.3) is 0 Å². The van der Waals surface area contributed by atoms with E-state index in [1.165, 1.54) is 12.1 Å². The van der Waals surface area contributed by atoms with Gasteiger partial charge in [-0.1, -0.05) is 13.0 Å². The van der Waals surface area contributed by atoms with Crippen molar-refractivity contribution in [3.8, 4) is 5.75 Å². The van der Waals surface area contributed by atoms with Gasteiger partial charge in [0.05, 0.1) is 13.2 Å². The number of fused-ring (bicyclic) bond motifs is 1. The van der Waals surface area contributed by atoms with Crippen molar-refractivity contribution in [1.82, 2.24) is 0 Å². The Labute approximate surface area is 208 Å². The van der Waals surface area contributed by atoms with E-state index in [9.17, 15) is 19.2 Å². The van der Waals surface area contributed by atoms with Gasteiger partial charge < -0.3 is 18.6 Å². The summed E-state index contributed by atoms with van der Waals surface area (Å²) in [5.41, 5.74) is 1.23. The van der Waals surface area contributed by atoms with Crippen molar-refractivity contribution in [1.29, 1.82) is 0 Å². The van der Waals surface area contributed by atoms with E-state index in [-0.39, 0.29) is 24.6 Å². The highest BCUT2D eigenvalue weighted by atomic mass is 16.6. The maximum absolute atomic E-state index is 12.7. The number of rotatable bonds is 10. The summed E-state index contributed by atoms with van der Waals surface area (Å²) in [6.07, 6.45) is 2.81. The first-order valence-corrected chi connectivity index (χ1v) is 11.7. The Bertz CT molecular complexity index is 1350. The number of aryl methyl sites for hydroxylation is 1. The predicted molar refractivity (Wildman–Crippen MR) is 134 cm³/mol. The molecule has 2 aromatic carbocycles. The van der Waals surface area contributed by atoms with Crippen molar-refractivity contribution in [2.75, 3.05) is 13.2 Å². The van der Waals surface area contributed by atoms with E-state index in [4.69, 9.17) is 18.6 Å². The lowest BCUT2D eigenvalue weighted by molar-refractivity contribution is -0.151. The fourth-order valence-corrected chi connectivity index (χ4v) is 3.55. The van der Waals surface area contributed by atoms with E-state index in [1.807, 2.05) is 6.92 Å². The molecule has 0 aliphatic heterocycles. The normalized spacial score (nSPS) is 11.9. The first-order valence-electron chi connectivity index (χ1n) is 11.7. The molecule has 0 saturated carbocycles. The second-order valence-corrected chi connectivity index (χ2v) is 7.91. The van der Waals surface area contributed by atoms with Gasteiger partial charge >= 0.3 is 17.6 Å². The summed E-state index contributed by atoms with van der Waals surface area (Å²) in [5.74, 6) is -0.952. The lowest BCUT2D eigenvalue weighted by Gasteiger charge is -2.16. The minimum Gasteiger partial charge on any atom is -0.479 e. The van der Waals surface area contributed by atoms with E-state index in [2.05, 4.69) is 0 Å². The van der Waals surface area contributed by atoms with Gasteiger partial charge in [-0.15, -0.1) is 0 Å². The Morgan fingerprint density at radius 2 is 1.67 bits per heavy atom. The van der Waals surface area contributed by atoms with Gasteiger partial charge in [0, 0.05) is 10.9 Å². The van der Waals surface area contributed by atoms with E-state index < -0.39 is 23.7 Å². The number of hydrogen-bond acceptors (Lipinski definition) is 8. The van der Waals surface area contributed by atoms with Crippen molar-refractivity contribution in [2.24, 2.45) is 0 Å². The SMILES string of the molecule is CCOC(=O)c1cc2cc(/C=C/C(=O)c3ccc(OC(CC)C(=O)OCC)cc3)cc(C)c2oc1=O. The lowest BCUT2D eigenvalue weighted by Crippen LogP contribution is -2.28. The van der Waals surface area contributed by atoms with Crippen LogP contribution in [0.5, 0.6) is 5.75 Å². The lowest BCUT2D eigenvalue weighted by atomic mass is 10.0. The van der Waals surface area contributed by atoms with Crippen LogP contribution in [0.2, 0.25) is 0 Å². The highest BCUT2D eigenvalue weighted by Crippen LogP contribution is 2.22. The molecule has 0 bridgehead atoms. The number of ketones is 1. The van der Waals surface area contributed by atoms with Gasteiger partial charge in [-0.05, 0) is 86.9 Å². The van der Waals surface area contributed by atoms with Crippen molar-refractivity contribution in [3.63, 3.8) is 0 Å². The van der Waals surface area contributed by atoms with Gasteiger partial charge in [0.15, 0.2) is 11.9 Å². The smallest absolute Gasteiger partial charge is 0.351 e. The standard InChI is InChI=1S/C28H28O8/c1-5-24(28(32)34-7-3)35-21-11-9-19(10-12-21)23(29)13-8-18-14-17(4)25-20(15-18)16-22(27(31)36-25)26(30)33-6-2/h8-16,24H,5-7H2,1-4H3/b13-8+. The molecule has 1 aromatic heterocycles. The summed E-state index contributed by atoms with van der Waals surface area (Å²) in [6, 6.07) is 11.4. The number of esters is 2. The third-order valence-electron chi connectivity index (χ3n) is 5.30. The third kappa shape index (κ3) is 6.27. The maximum Gasteiger partial charge on any atom is 0.351 e. The Hall–Kier alpha value is -4.20. The minimum atomic E-state index is -0.762. The Morgan fingerprint density at radius 3 is 2.31 bits per heavy atom. The Balaban J connectivity index is 1.78. The maximum atomic E-state index is 12.7. The average Bonchev–Trinajstić information content (AvgIpc) is 2.86. The molecule has 3 rings (SSSR count). The zero-order chi connectivity index (χ0) is 26.2. The minimum absolute atomic E-state index is 0.137. The van der Waals surface area contributed by atoms with Crippen LogP contribution in [0.25, 0.3) is 17.0 Å². The van der Waals surface area contributed by atoms with Crippen LogP contribution in [0, 0.1) is 6.92 Å². The summed E-state index contributed by atoms with van der Waals surface area (Å²) in [7, 11) is 0. The molecule has 3 aromatic rings. The molecular weight excluding hydrogens is 464 g/mol. The first kappa shape index (κ1) is 26.4. The van der Waals surface area contributed by atoms with Crippen LogP contribution >= 0.6 is 0 Å². The van der Waals surface area contributed by atoms with Crippen LogP contribution < -0.4 is 10.4 Å². The average molecular weight is 493 g/mol. The predicted octanol–water partition coefficient (Wildman–Crippen LogP) is 4.89. The molecule has 0 saturated heterocycles. The molecule has 0 fully saturated rings. The number of carbonyl (C=O) groups is 3. The topological polar surface area (TPSA) is 109 Å². The third-order valence-corrected chi connectivity index (χ3v) is 5.30. The summed E-state index contributed by atoms with van der Waals surface area (Å²) < 4.78 is 20.9. The Morgan fingerprint density at radius 1 is 0.972 bits per heavy atom. The highest BCUT2D eigenvalue weighted by Gasteiger charge is 2.20. The molecule has 0 aliphatic carbocycles. The van der Waals surface area contributed by atoms with Crippen molar-refractivity contribution >= 4 is 34.8 Å². The van der Waals surface area contributed by atoms with Crippen molar-refractivity contribution < 1.29 is 33.0 Å². The fraction of sp³-hybridized carbons (Fsp3) is 0.286. The molecule has 0 aliphatic rings. The van der Waals surface area contributed by atoms with Crippen LogP contribution in [-0.2, 0) is 14.3 Å². The molecular formula is C28H28O8. The van der Waals surface area contributed by atoms with Crippen LogP contribution in [0.4, 0.5) is 0 Å². The molecule has 8 heteroatoms. The van der Waals surface area contributed by atoms with E-state index >= 15 is 0 Å². The van der Waals surface area contributed by atoms with Gasteiger partial charge in [-0.25, -0.2) is 14.4 Å². The highest BCUT2D eigenvalue weighted by molar-refractivity contribution is 6.07. The van der Waals surface area contributed by atoms with Crippen molar-refractivity contribution in [2.45, 2.75) is 40.2 Å².